The molecule has 3 heterocycles. The summed E-state index contributed by atoms with van der Waals surface area (Å²) in [5, 5.41) is 4.01. The average Bonchev–Trinajstić information content (AvgIpc) is 3.10. The van der Waals surface area contributed by atoms with Crippen LogP contribution in [0.2, 0.25) is 0 Å². The Bertz CT molecular complexity index is 1000. The number of nitrogen functional groups attached to an aromatic ring is 1. The highest BCUT2D eigenvalue weighted by atomic mass is 32.1. The van der Waals surface area contributed by atoms with Crippen molar-refractivity contribution in [1.82, 2.24) is 19.5 Å². The Morgan fingerprint density at radius 2 is 2.09 bits per heavy atom. The van der Waals surface area contributed by atoms with Crippen LogP contribution in [0.1, 0.15) is 0 Å². The van der Waals surface area contributed by atoms with Crippen LogP contribution in [0.25, 0.3) is 32.0 Å². The van der Waals surface area contributed by atoms with E-state index in [1.165, 1.54) is 0 Å². The van der Waals surface area contributed by atoms with Crippen molar-refractivity contribution >= 4 is 44.2 Å². The van der Waals surface area contributed by atoms with Crippen molar-refractivity contribution in [1.29, 1.82) is 0 Å². The molecule has 0 radical (unpaired) electrons. The van der Waals surface area contributed by atoms with E-state index in [0.29, 0.717) is 0 Å². The number of nitrogens with zero attached hydrogens (tertiary/aromatic N) is 4. The average molecular weight is 310 g/mol. The number of benzene rings is 1. The van der Waals surface area contributed by atoms with Gasteiger partial charge in [0.05, 0.1) is 6.33 Å². The first-order valence-electron chi connectivity index (χ1n) is 6.82. The van der Waals surface area contributed by atoms with Crippen LogP contribution in [0, 0.1) is 0 Å². The van der Waals surface area contributed by atoms with Crippen molar-refractivity contribution in [2.24, 2.45) is 7.05 Å². The second kappa shape index (κ2) is 4.67. The van der Waals surface area contributed by atoms with Crippen molar-refractivity contribution in [2.45, 2.75) is 0 Å². The lowest BCUT2D eigenvalue weighted by Crippen LogP contribution is -1.95. The maximum Gasteiger partial charge on any atom is 0.155 e. The Balaban J connectivity index is 2.05. The molecule has 0 aliphatic carbocycles. The number of nitrogens with two attached hydrogens (primary N) is 1. The maximum atomic E-state index is 5.87. The first kappa shape index (κ1) is 13.0. The SMILES string of the molecule is CNc1nc2sc(-c3cccc(N)c3)nc2c2c1ncn2C. The fourth-order valence-corrected chi connectivity index (χ4v) is 3.49. The van der Waals surface area contributed by atoms with Crippen LogP contribution in [-0.2, 0) is 7.05 Å². The Hall–Kier alpha value is -2.67. The minimum absolute atomic E-state index is 0.728. The predicted octanol–water partition coefficient (Wildman–Crippen LogP) is 2.87. The van der Waals surface area contributed by atoms with Crippen LogP contribution in [0.5, 0.6) is 0 Å². The van der Waals surface area contributed by atoms with E-state index in [9.17, 15) is 0 Å². The molecular weight excluding hydrogens is 296 g/mol. The van der Waals surface area contributed by atoms with Gasteiger partial charge in [-0.25, -0.2) is 15.0 Å². The number of anilines is 2. The number of pyridine rings is 1. The third-order valence-electron chi connectivity index (χ3n) is 3.58. The van der Waals surface area contributed by atoms with Crippen molar-refractivity contribution in [2.75, 3.05) is 18.1 Å². The Labute approximate surface area is 130 Å². The molecular formula is C15H14N6S. The van der Waals surface area contributed by atoms with Gasteiger partial charge in [-0.2, -0.15) is 0 Å². The molecule has 1 aromatic carbocycles. The van der Waals surface area contributed by atoms with Crippen LogP contribution >= 0.6 is 11.3 Å². The third-order valence-corrected chi connectivity index (χ3v) is 4.58. The molecule has 0 aliphatic heterocycles. The molecule has 0 atom stereocenters. The second-order valence-corrected chi connectivity index (χ2v) is 6.04. The van der Waals surface area contributed by atoms with E-state index in [1.54, 1.807) is 17.7 Å². The molecule has 22 heavy (non-hydrogen) atoms. The number of imidazole rings is 1. The van der Waals surface area contributed by atoms with Gasteiger partial charge < -0.3 is 15.6 Å². The Morgan fingerprint density at radius 1 is 1.23 bits per heavy atom. The molecule has 6 nitrogen and oxygen atoms in total. The molecule has 0 aliphatic rings. The van der Waals surface area contributed by atoms with Crippen molar-refractivity contribution < 1.29 is 0 Å². The smallest absolute Gasteiger partial charge is 0.155 e. The van der Waals surface area contributed by atoms with Crippen molar-refractivity contribution in [3.63, 3.8) is 0 Å². The van der Waals surface area contributed by atoms with E-state index >= 15 is 0 Å². The number of thiazole rings is 1. The first-order valence-corrected chi connectivity index (χ1v) is 7.64. The largest absolute Gasteiger partial charge is 0.399 e. The fourth-order valence-electron chi connectivity index (χ4n) is 2.55. The number of aromatic nitrogens is 4. The molecule has 4 rings (SSSR count). The zero-order chi connectivity index (χ0) is 15.3. The van der Waals surface area contributed by atoms with Crippen LogP contribution in [-0.4, -0.2) is 26.6 Å². The van der Waals surface area contributed by atoms with Gasteiger partial charge in [0.1, 0.15) is 26.4 Å². The monoisotopic (exact) mass is 310 g/mol. The highest BCUT2D eigenvalue weighted by Gasteiger charge is 2.16. The lowest BCUT2D eigenvalue weighted by molar-refractivity contribution is 0.949. The molecule has 0 saturated carbocycles. The second-order valence-electron chi connectivity index (χ2n) is 5.06. The summed E-state index contributed by atoms with van der Waals surface area (Å²) in [7, 11) is 3.82. The van der Waals surface area contributed by atoms with Gasteiger partial charge in [0.15, 0.2) is 5.82 Å². The summed E-state index contributed by atoms with van der Waals surface area (Å²) in [5.74, 6) is 0.769. The van der Waals surface area contributed by atoms with Gasteiger partial charge in [-0.1, -0.05) is 23.5 Å². The zero-order valence-electron chi connectivity index (χ0n) is 12.2. The van der Waals surface area contributed by atoms with E-state index in [-0.39, 0.29) is 0 Å². The Kier molecular flexibility index (Phi) is 2.77. The van der Waals surface area contributed by atoms with E-state index in [2.05, 4.69) is 15.3 Å². The number of hydrogen-bond donors (Lipinski definition) is 2. The number of rotatable bonds is 2. The minimum atomic E-state index is 0.728. The summed E-state index contributed by atoms with van der Waals surface area (Å²) in [5.41, 5.74) is 10.3. The molecule has 4 aromatic rings. The van der Waals surface area contributed by atoms with Gasteiger partial charge in [-0.3, -0.25) is 0 Å². The number of aryl methyl sites for hydroxylation is 1. The van der Waals surface area contributed by atoms with E-state index in [4.69, 9.17) is 10.7 Å². The van der Waals surface area contributed by atoms with Crippen molar-refractivity contribution in [3.8, 4) is 10.6 Å². The molecule has 0 bridgehead atoms. The normalized spacial score (nSPS) is 11.4. The van der Waals surface area contributed by atoms with Crippen molar-refractivity contribution in [3.05, 3.63) is 30.6 Å². The quantitative estimate of drug-likeness (QED) is 0.556. The molecule has 0 saturated heterocycles. The van der Waals surface area contributed by atoms with Crippen LogP contribution < -0.4 is 11.1 Å². The molecule has 0 fully saturated rings. The van der Waals surface area contributed by atoms with Crippen LogP contribution in [0.15, 0.2) is 30.6 Å². The lowest BCUT2D eigenvalue weighted by atomic mass is 10.2. The van der Waals surface area contributed by atoms with Gasteiger partial charge in [0.25, 0.3) is 0 Å². The summed E-state index contributed by atoms with van der Waals surface area (Å²) in [4.78, 5) is 14.7. The number of nitrogens with one attached hydrogen (secondary N) is 1. The summed E-state index contributed by atoms with van der Waals surface area (Å²) in [6, 6.07) is 7.74. The van der Waals surface area contributed by atoms with Gasteiger partial charge in [0, 0.05) is 25.3 Å². The highest BCUT2D eigenvalue weighted by molar-refractivity contribution is 7.21. The summed E-state index contributed by atoms with van der Waals surface area (Å²) in [6.07, 6.45) is 1.78. The summed E-state index contributed by atoms with van der Waals surface area (Å²) < 4.78 is 1.98. The highest BCUT2D eigenvalue weighted by Crippen LogP contribution is 2.35. The molecule has 3 N–H and O–H groups in total. The zero-order valence-corrected chi connectivity index (χ0v) is 13.0. The third kappa shape index (κ3) is 1.82. The standard InChI is InChI=1S/C15H14N6S/c1-17-13-10-12(21(2)7-18-10)11-15(20-13)22-14(19-11)8-4-3-5-9(16)6-8/h3-7H,16H2,1-2H3,(H,17,20). The molecule has 3 aromatic heterocycles. The number of fused-ring (bicyclic) bond motifs is 3. The van der Waals surface area contributed by atoms with Gasteiger partial charge >= 0.3 is 0 Å². The first-order chi connectivity index (χ1) is 10.7. The summed E-state index contributed by atoms with van der Waals surface area (Å²) >= 11 is 1.56. The molecule has 7 heteroatoms. The lowest BCUT2D eigenvalue weighted by Gasteiger charge is -2.01. The minimum Gasteiger partial charge on any atom is -0.399 e. The van der Waals surface area contributed by atoms with Crippen LogP contribution in [0.4, 0.5) is 11.5 Å². The molecule has 0 spiro atoms. The topological polar surface area (TPSA) is 81.7 Å². The predicted molar refractivity (Wildman–Crippen MR) is 91.1 cm³/mol. The molecule has 110 valence electrons. The molecule has 0 amide bonds. The summed E-state index contributed by atoms with van der Waals surface area (Å²) in [6.45, 7) is 0. The van der Waals surface area contributed by atoms with E-state index in [1.807, 2.05) is 42.9 Å². The number of hydrogen-bond acceptors (Lipinski definition) is 6. The van der Waals surface area contributed by atoms with E-state index in [0.717, 1.165) is 43.5 Å². The van der Waals surface area contributed by atoms with Gasteiger partial charge in [-0.05, 0) is 12.1 Å². The van der Waals surface area contributed by atoms with Gasteiger partial charge in [-0.15, -0.1) is 0 Å². The molecule has 0 unspecified atom stereocenters. The fraction of sp³-hybridized carbons (Fsp3) is 0.133. The van der Waals surface area contributed by atoms with E-state index < -0.39 is 0 Å². The Morgan fingerprint density at radius 3 is 2.86 bits per heavy atom. The maximum absolute atomic E-state index is 5.87. The van der Waals surface area contributed by atoms with Gasteiger partial charge in [0.2, 0.25) is 0 Å². The van der Waals surface area contributed by atoms with Crippen LogP contribution in [0.3, 0.4) is 0 Å².